The Kier molecular flexibility index (Phi) is 6.68. The molecule has 3 unspecified atom stereocenters. The highest BCUT2D eigenvalue weighted by atomic mass is 16.5. The van der Waals surface area contributed by atoms with Crippen LogP contribution in [-0.4, -0.2) is 54.6 Å². The highest BCUT2D eigenvalue weighted by Gasteiger charge is 2.32. The predicted molar refractivity (Wildman–Crippen MR) is 88.2 cm³/mol. The Labute approximate surface area is 133 Å². The van der Waals surface area contributed by atoms with E-state index in [1.165, 1.54) is 6.42 Å². The number of hydrogen-bond donors (Lipinski definition) is 2. The molecule has 1 aliphatic carbocycles. The van der Waals surface area contributed by atoms with Crippen LogP contribution >= 0.6 is 0 Å². The van der Waals surface area contributed by atoms with Crippen LogP contribution in [-0.2, 0) is 6.42 Å². The van der Waals surface area contributed by atoms with Gasteiger partial charge in [0.2, 0.25) is 0 Å². The van der Waals surface area contributed by atoms with E-state index in [4.69, 9.17) is 9.84 Å². The summed E-state index contributed by atoms with van der Waals surface area (Å²) in [5.74, 6) is 1.04. The van der Waals surface area contributed by atoms with Gasteiger partial charge in [-0.1, -0.05) is 25.0 Å². The highest BCUT2D eigenvalue weighted by Crippen LogP contribution is 2.30. The van der Waals surface area contributed by atoms with Crippen LogP contribution in [0.1, 0.15) is 31.2 Å². The van der Waals surface area contributed by atoms with Gasteiger partial charge in [-0.3, -0.25) is 0 Å². The lowest BCUT2D eigenvalue weighted by Gasteiger charge is -2.35. The Balaban J connectivity index is 2.05. The van der Waals surface area contributed by atoms with Crippen molar-refractivity contribution in [2.24, 2.45) is 5.92 Å². The second kappa shape index (κ2) is 8.51. The van der Waals surface area contributed by atoms with E-state index in [1.807, 2.05) is 38.4 Å². The molecule has 2 rings (SSSR count). The van der Waals surface area contributed by atoms with Gasteiger partial charge in [0.15, 0.2) is 0 Å². The molecule has 2 N–H and O–H groups in total. The molecule has 1 aliphatic rings. The van der Waals surface area contributed by atoms with E-state index in [9.17, 15) is 5.11 Å². The molecule has 1 aromatic rings. The largest absolute Gasteiger partial charge is 0.489 e. The Hall–Kier alpha value is -1.10. The first-order valence-electron chi connectivity index (χ1n) is 8.29. The molecule has 0 heterocycles. The molecule has 0 aliphatic heterocycles. The number of aliphatic hydroxyl groups excluding tert-OH is 2. The van der Waals surface area contributed by atoms with Crippen molar-refractivity contribution in [1.29, 1.82) is 0 Å². The van der Waals surface area contributed by atoms with Crippen LogP contribution in [0.2, 0.25) is 0 Å². The third-order valence-electron chi connectivity index (χ3n) is 4.42. The number of ether oxygens (including phenoxy) is 1. The van der Waals surface area contributed by atoms with E-state index in [-0.39, 0.29) is 24.7 Å². The van der Waals surface area contributed by atoms with Crippen molar-refractivity contribution < 1.29 is 14.9 Å². The lowest BCUT2D eigenvalue weighted by Crippen LogP contribution is -2.43. The molecule has 1 saturated carbocycles. The molecule has 3 atom stereocenters. The van der Waals surface area contributed by atoms with E-state index in [0.717, 1.165) is 37.1 Å². The monoisotopic (exact) mass is 307 g/mol. The molecule has 124 valence electrons. The molecule has 0 spiro atoms. The van der Waals surface area contributed by atoms with E-state index >= 15 is 0 Å². The second-order valence-corrected chi connectivity index (χ2v) is 6.55. The summed E-state index contributed by atoms with van der Waals surface area (Å²) < 4.78 is 6.20. The van der Waals surface area contributed by atoms with E-state index in [1.54, 1.807) is 0 Å². The zero-order valence-electron chi connectivity index (χ0n) is 13.7. The molecule has 0 saturated heterocycles. The molecular formula is C18H29NO3. The summed E-state index contributed by atoms with van der Waals surface area (Å²) in [5.41, 5.74) is 1.11. The predicted octanol–water partition coefficient (Wildman–Crippen LogP) is 2.08. The summed E-state index contributed by atoms with van der Waals surface area (Å²) in [6.45, 7) is 0.970. The number of nitrogens with zero attached hydrogens (tertiary/aromatic N) is 1. The van der Waals surface area contributed by atoms with Gasteiger partial charge in [-0.15, -0.1) is 0 Å². The number of rotatable bonds is 7. The molecule has 22 heavy (non-hydrogen) atoms. The molecular weight excluding hydrogens is 278 g/mol. The summed E-state index contributed by atoms with van der Waals surface area (Å²) in [4.78, 5) is 2.12. The normalized spacial score (nSPS) is 23.5. The van der Waals surface area contributed by atoms with Crippen LogP contribution in [0.25, 0.3) is 0 Å². The third-order valence-corrected chi connectivity index (χ3v) is 4.42. The van der Waals surface area contributed by atoms with Gasteiger partial charge < -0.3 is 19.8 Å². The third kappa shape index (κ3) is 4.97. The molecule has 4 heteroatoms. The van der Waals surface area contributed by atoms with Crippen molar-refractivity contribution >= 4 is 0 Å². The lowest BCUT2D eigenvalue weighted by atomic mass is 9.82. The molecule has 0 radical (unpaired) electrons. The number of likely N-dealkylation sites (N-methyl/N-ethyl adjacent to an activating group) is 1. The molecule has 0 aromatic heterocycles. The summed E-state index contributed by atoms with van der Waals surface area (Å²) >= 11 is 0. The first-order valence-corrected chi connectivity index (χ1v) is 8.29. The summed E-state index contributed by atoms with van der Waals surface area (Å²) in [6, 6.07) is 7.91. The lowest BCUT2D eigenvalue weighted by molar-refractivity contribution is -0.00959. The van der Waals surface area contributed by atoms with Gasteiger partial charge in [-0.05, 0) is 51.1 Å². The minimum atomic E-state index is -0.257. The Bertz CT molecular complexity index is 432. The van der Waals surface area contributed by atoms with Crippen LogP contribution in [0.15, 0.2) is 24.3 Å². The van der Waals surface area contributed by atoms with Crippen molar-refractivity contribution in [2.45, 2.75) is 44.3 Å². The SMILES string of the molecule is CN(C)CC(Oc1ccc(CCO)cc1)C1CCCCC1O. The minimum absolute atomic E-state index is 0.00833. The molecule has 4 nitrogen and oxygen atoms in total. The first-order chi connectivity index (χ1) is 10.6. The summed E-state index contributed by atoms with van der Waals surface area (Å²) in [6.07, 6.45) is 4.62. The van der Waals surface area contributed by atoms with Crippen molar-refractivity contribution in [1.82, 2.24) is 4.90 Å². The van der Waals surface area contributed by atoms with Crippen LogP contribution in [0.5, 0.6) is 5.75 Å². The fourth-order valence-corrected chi connectivity index (χ4v) is 3.23. The smallest absolute Gasteiger partial charge is 0.119 e. The maximum absolute atomic E-state index is 10.3. The zero-order valence-corrected chi connectivity index (χ0v) is 13.7. The Morgan fingerprint density at radius 3 is 2.45 bits per heavy atom. The first kappa shape index (κ1) is 17.3. The van der Waals surface area contributed by atoms with Gasteiger partial charge in [-0.25, -0.2) is 0 Å². The van der Waals surface area contributed by atoms with Gasteiger partial charge in [0, 0.05) is 19.1 Å². The number of hydrogen-bond acceptors (Lipinski definition) is 4. The van der Waals surface area contributed by atoms with Crippen molar-refractivity contribution in [3.63, 3.8) is 0 Å². The van der Waals surface area contributed by atoms with Gasteiger partial charge >= 0.3 is 0 Å². The van der Waals surface area contributed by atoms with Gasteiger partial charge in [0.1, 0.15) is 11.9 Å². The Morgan fingerprint density at radius 2 is 1.86 bits per heavy atom. The number of aliphatic hydroxyl groups is 2. The van der Waals surface area contributed by atoms with Crippen molar-refractivity contribution in [3.05, 3.63) is 29.8 Å². The number of benzene rings is 1. The van der Waals surface area contributed by atoms with Gasteiger partial charge in [0.25, 0.3) is 0 Å². The van der Waals surface area contributed by atoms with Gasteiger partial charge in [0.05, 0.1) is 6.10 Å². The van der Waals surface area contributed by atoms with E-state index in [2.05, 4.69) is 4.90 Å². The van der Waals surface area contributed by atoms with Crippen LogP contribution in [0, 0.1) is 5.92 Å². The molecule has 0 amide bonds. The second-order valence-electron chi connectivity index (χ2n) is 6.55. The topological polar surface area (TPSA) is 52.9 Å². The summed E-state index contributed by atoms with van der Waals surface area (Å²) in [5, 5.41) is 19.3. The fraction of sp³-hybridized carbons (Fsp3) is 0.667. The molecule has 0 bridgehead atoms. The highest BCUT2D eigenvalue weighted by molar-refractivity contribution is 5.27. The fourth-order valence-electron chi connectivity index (χ4n) is 3.23. The maximum atomic E-state index is 10.3. The molecule has 1 aromatic carbocycles. The maximum Gasteiger partial charge on any atom is 0.119 e. The zero-order chi connectivity index (χ0) is 15.9. The average molecular weight is 307 g/mol. The van der Waals surface area contributed by atoms with Crippen molar-refractivity contribution in [2.75, 3.05) is 27.2 Å². The standard InChI is InChI=1S/C18H29NO3/c1-19(2)13-18(16-5-3-4-6-17(16)21)22-15-9-7-14(8-10-15)11-12-20/h7-10,16-18,20-21H,3-6,11-13H2,1-2H3. The van der Waals surface area contributed by atoms with Gasteiger partial charge in [-0.2, -0.15) is 0 Å². The van der Waals surface area contributed by atoms with E-state index in [0.29, 0.717) is 6.42 Å². The van der Waals surface area contributed by atoms with Crippen LogP contribution < -0.4 is 4.74 Å². The van der Waals surface area contributed by atoms with Crippen LogP contribution in [0.4, 0.5) is 0 Å². The Morgan fingerprint density at radius 1 is 1.18 bits per heavy atom. The minimum Gasteiger partial charge on any atom is -0.489 e. The van der Waals surface area contributed by atoms with Crippen molar-refractivity contribution in [3.8, 4) is 5.75 Å². The quantitative estimate of drug-likeness (QED) is 0.810. The van der Waals surface area contributed by atoms with Crippen LogP contribution in [0.3, 0.4) is 0 Å². The summed E-state index contributed by atoms with van der Waals surface area (Å²) in [7, 11) is 4.08. The average Bonchev–Trinajstić information content (AvgIpc) is 2.49. The molecule has 1 fully saturated rings. The van der Waals surface area contributed by atoms with E-state index < -0.39 is 0 Å².